The average molecular weight is 282 g/mol. The third kappa shape index (κ3) is 3.96. The van der Waals surface area contributed by atoms with Gasteiger partial charge in [-0.1, -0.05) is 29.8 Å². The molecule has 0 saturated heterocycles. The van der Waals surface area contributed by atoms with Crippen LogP contribution in [-0.4, -0.2) is 34.5 Å². The number of carbonyl (C=O) groups is 2. The number of carboxylic acids is 1. The number of benzene rings is 1. The van der Waals surface area contributed by atoms with Gasteiger partial charge >= 0.3 is 5.97 Å². The highest BCUT2D eigenvalue weighted by Crippen LogP contribution is 2.27. The van der Waals surface area contributed by atoms with Gasteiger partial charge in [0.25, 0.3) is 0 Å². The minimum absolute atomic E-state index is 0.107. The van der Waals surface area contributed by atoms with Crippen molar-refractivity contribution in [2.75, 3.05) is 6.54 Å². The summed E-state index contributed by atoms with van der Waals surface area (Å²) >= 11 is 6.03. The second-order valence-corrected chi connectivity index (χ2v) is 5.15. The number of hydrogen-bond donors (Lipinski definition) is 1. The first-order valence-electron chi connectivity index (χ1n) is 6.32. The van der Waals surface area contributed by atoms with E-state index in [1.165, 1.54) is 4.90 Å². The number of rotatable bonds is 6. The van der Waals surface area contributed by atoms with Gasteiger partial charge in [0.2, 0.25) is 5.91 Å². The molecule has 4 nitrogen and oxygen atoms in total. The molecule has 1 aromatic rings. The third-order valence-corrected chi connectivity index (χ3v) is 3.55. The lowest BCUT2D eigenvalue weighted by Gasteiger charge is -2.20. The van der Waals surface area contributed by atoms with Crippen LogP contribution in [0.15, 0.2) is 24.3 Å². The van der Waals surface area contributed by atoms with Gasteiger partial charge in [-0.3, -0.25) is 9.59 Å². The summed E-state index contributed by atoms with van der Waals surface area (Å²) in [4.78, 5) is 24.3. The topological polar surface area (TPSA) is 57.6 Å². The largest absolute Gasteiger partial charge is 0.480 e. The Bertz CT molecular complexity index is 485. The average Bonchev–Trinajstić information content (AvgIpc) is 3.18. The van der Waals surface area contributed by atoms with Crippen molar-refractivity contribution in [3.05, 3.63) is 34.9 Å². The summed E-state index contributed by atoms with van der Waals surface area (Å²) in [6.07, 6.45) is 2.66. The van der Waals surface area contributed by atoms with Gasteiger partial charge < -0.3 is 10.0 Å². The van der Waals surface area contributed by atoms with Gasteiger partial charge in [-0.2, -0.15) is 0 Å². The molecule has 1 N–H and O–H groups in total. The molecule has 0 heterocycles. The molecule has 0 bridgehead atoms. The molecular formula is C14H16ClNO3. The molecule has 1 aliphatic carbocycles. The van der Waals surface area contributed by atoms with Crippen molar-refractivity contribution in [2.24, 2.45) is 0 Å². The van der Waals surface area contributed by atoms with E-state index in [4.69, 9.17) is 16.7 Å². The van der Waals surface area contributed by atoms with Crippen LogP contribution in [0.2, 0.25) is 5.02 Å². The van der Waals surface area contributed by atoms with Crippen LogP contribution in [0.4, 0.5) is 0 Å². The van der Waals surface area contributed by atoms with Gasteiger partial charge in [0.1, 0.15) is 6.54 Å². The number of amides is 1. The van der Waals surface area contributed by atoms with E-state index in [2.05, 4.69) is 0 Å². The van der Waals surface area contributed by atoms with E-state index in [1.54, 1.807) is 6.07 Å². The Morgan fingerprint density at radius 3 is 2.58 bits per heavy atom. The molecular weight excluding hydrogens is 266 g/mol. The Balaban J connectivity index is 1.92. The SMILES string of the molecule is O=C(O)CN(C(=O)CCc1ccccc1Cl)C1CC1. The summed E-state index contributed by atoms with van der Waals surface area (Å²) < 4.78 is 0. The Labute approximate surface area is 117 Å². The molecule has 5 heteroatoms. The molecule has 0 atom stereocenters. The second-order valence-electron chi connectivity index (χ2n) is 4.74. The minimum Gasteiger partial charge on any atom is -0.480 e. The Kier molecular flexibility index (Phi) is 4.43. The summed E-state index contributed by atoms with van der Waals surface area (Å²) in [5, 5.41) is 9.47. The van der Waals surface area contributed by atoms with Crippen LogP contribution in [0.3, 0.4) is 0 Å². The van der Waals surface area contributed by atoms with Crippen molar-refractivity contribution in [1.82, 2.24) is 4.90 Å². The third-order valence-electron chi connectivity index (χ3n) is 3.18. The van der Waals surface area contributed by atoms with Crippen molar-refractivity contribution >= 4 is 23.5 Å². The van der Waals surface area contributed by atoms with E-state index >= 15 is 0 Å². The highest BCUT2D eigenvalue weighted by Gasteiger charge is 2.33. The van der Waals surface area contributed by atoms with Crippen LogP contribution in [0.1, 0.15) is 24.8 Å². The summed E-state index contributed by atoms with van der Waals surface area (Å²) in [6, 6.07) is 7.51. The number of hydrogen-bond acceptors (Lipinski definition) is 2. The van der Waals surface area contributed by atoms with E-state index in [0.29, 0.717) is 17.9 Å². The quantitative estimate of drug-likeness (QED) is 0.871. The van der Waals surface area contributed by atoms with E-state index in [-0.39, 0.29) is 18.5 Å². The van der Waals surface area contributed by atoms with Crippen LogP contribution in [0, 0.1) is 0 Å². The Morgan fingerprint density at radius 1 is 1.32 bits per heavy atom. The number of carbonyl (C=O) groups excluding carboxylic acids is 1. The van der Waals surface area contributed by atoms with E-state index in [1.807, 2.05) is 18.2 Å². The molecule has 2 rings (SSSR count). The van der Waals surface area contributed by atoms with Crippen molar-refractivity contribution in [3.63, 3.8) is 0 Å². The van der Waals surface area contributed by atoms with Crippen LogP contribution >= 0.6 is 11.6 Å². The number of nitrogens with zero attached hydrogens (tertiary/aromatic N) is 1. The van der Waals surface area contributed by atoms with Crippen LogP contribution < -0.4 is 0 Å². The number of carboxylic acid groups (broad SMARTS) is 1. The molecule has 102 valence electrons. The van der Waals surface area contributed by atoms with E-state index < -0.39 is 5.97 Å². The van der Waals surface area contributed by atoms with Gasteiger partial charge in [0, 0.05) is 17.5 Å². The smallest absolute Gasteiger partial charge is 0.323 e. The predicted molar refractivity (Wildman–Crippen MR) is 72.1 cm³/mol. The van der Waals surface area contributed by atoms with Gasteiger partial charge in [0.05, 0.1) is 0 Å². The summed E-state index contributed by atoms with van der Waals surface area (Å²) in [5.41, 5.74) is 0.920. The van der Waals surface area contributed by atoms with Crippen molar-refractivity contribution in [2.45, 2.75) is 31.7 Å². The Morgan fingerprint density at radius 2 is 2.00 bits per heavy atom. The predicted octanol–water partition coefficient (Wildman–Crippen LogP) is 2.35. The number of halogens is 1. The molecule has 19 heavy (non-hydrogen) atoms. The van der Waals surface area contributed by atoms with Crippen LogP contribution in [-0.2, 0) is 16.0 Å². The van der Waals surface area contributed by atoms with Gasteiger partial charge in [-0.25, -0.2) is 0 Å². The molecule has 0 spiro atoms. The second kappa shape index (κ2) is 6.06. The van der Waals surface area contributed by atoms with E-state index in [9.17, 15) is 9.59 Å². The fourth-order valence-electron chi connectivity index (χ4n) is 2.04. The summed E-state index contributed by atoms with van der Waals surface area (Å²) in [5.74, 6) is -1.07. The lowest BCUT2D eigenvalue weighted by atomic mass is 10.1. The molecule has 1 aromatic carbocycles. The lowest BCUT2D eigenvalue weighted by molar-refractivity contribution is -0.144. The highest BCUT2D eigenvalue weighted by atomic mass is 35.5. The zero-order valence-electron chi connectivity index (χ0n) is 10.5. The molecule has 1 fully saturated rings. The normalized spacial score (nSPS) is 14.2. The molecule has 1 aliphatic rings. The zero-order valence-corrected chi connectivity index (χ0v) is 11.3. The Hall–Kier alpha value is -1.55. The van der Waals surface area contributed by atoms with Crippen molar-refractivity contribution in [1.29, 1.82) is 0 Å². The molecule has 1 amide bonds. The highest BCUT2D eigenvalue weighted by molar-refractivity contribution is 6.31. The minimum atomic E-state index is -0.960. The first-order valence-corrected chi connectivity index (χ1v) is 6.70. The fraction of sp³-hybridized carbons (Fsp3) is 0.429. The van der Waals surface area contributed by atoms with Crippen LogP contribution in [0.25, 0.3) is 0 Å². The lowest BCUT2D eigenvalue weighted by Crippen LogP contribution is -2.37. The molecule has 0 unspecified atom stereocenters. The molecule has 0 aromatic heterocycles. The standard InChI is InChI=1S/C14H16ClNO3/c15-12-4-2-1-3-10(12)5-8-13(17)16(9-14(18)19)11-6-7-11/h1-4,11H,5-9H2,(H,18,19). The van der Waals surface area contributed by atoms with E-state index in [0.717, 1.165) is 18.4 Å². The zero-order chi connectivity index (χ0) is 13.8. The van der Waals surface area contributed by atoms with Gasteiger partial charge in [-0.05, 0) is 30.9 Å². The van der Waals surface area contributed by atoms with Crippen LogP contribution in [0.5, 0.6) is 0 Å². The summed E-state index contributed by atoms with van der Waals surface area (Å²) in [6.45, 7) is -0.202. The molecule has 1 saturated carbocycles. The number of aliphatic carboxylic acids is 1. The monoisotopic (exact) mass is 281 g/mol. The van der Waals surface area contributed by atoms with Crippen molar-refractivity contribution < 1.29 is 14.7 Å². The summed E-state index contributed by atoms with van der Waals surface area (Å²) in [7, 11) is 0. The maximum absolute atomic E-state index is 12.1. The first kappa shape index (κ1) is 13.9. The first-order chi connectivity index (χ1) is 9.08. The number of aryl methyl sites for hydroxylation is 1. The molecule has 0 radical (unpaired) electrons. The maximum atomic E-state index is 12.1. The van der Waals surface area contributed by atoms with Gasteiger partial charge in [-0.15, -0.1) is 0 Å². The fourth-order valence-corrected chi connectivity index (χ4v) is 2.27. The van der Waals surface area contributed by atoms with Crippen molar-refractivity contribution in [3.8, 4) is 0 Å². The maximum Gasteiger partial charge on any atom is 0.323 e. The van der Waals surface area contributed by atoms with Gasteiger partial charge in [0.15, 0.2) is 0 Å². The molecule has 0 aliphatic heterocycles.